The number of carbonyl (C=O) groups is 1. The SMILES string of the molecule is CC(N)(C(=O)N1CCN(Cc2ccccc2)CC1)c1ccccc1.Cl.Cl. The van der Waals surface area contributed by atoms with Crippen molar-refractivity contribution in [3.63, 3.8) is 0 Å². The Morgan fingerprint density at radius 3 is 1.96 bits per heavy atom. The Labute approximate surface area is 168 Å². The highest BCUT2D eigenvalue weighted by molar-refractivity contribution is 5.87. The Bertz CT molecular complexity index is 672. The molecule has 0 aromatic heterocycles. The maximum absolute atomic E-state index is 12.9. The average Bonchev–Trinajstić information content (AvgIpc) is 2.63. The second-order valence-electron chi connectivity index (χ2n) is 6.62. The second kappa shape index (κ2) is 9.93. The van der Waals surface area contributed by atoms with Crippen molar-refractivity contribution in [3.05, 3.63) is 71.8 Å². The molecule has 0 saturated carbocycles. The monoisotopic (exact) mass is 395 g/mol. The quantitative estimate of drug-likeness (QED) is 0.864. The highest BCUT2D eigenvalue weighted by Gasteiger charge is 2.35. The first-order valence-electron chi connectivity index (χ1n) is 8.47. The summed E-state index contributed by atoms with van der Waals surface area (Å²) < 4.78 is 0. The topological polar surface area (TPSA) is 49.6 Å². The van der Waals surface area contributed by atoms with E-state index in [1.807, 2.05) is 41.3 Å². The number of piperazine rings is 1. The Kier molecular flexibility index (Phi) is 8.57. The van der Waals surface area contributed by atoms with E-state index in [2.05, 4.69) is 29.2 Å². The molecule has 1 atom stereocenters. The van der Waals surface area contributed by atoms with Crippen molar-refractivity contribution in [2.45, 2.75) is 19.0 Å². The average molecular weight is 396 g/mol. The molecule has 1 fully saturated rings. The summed E-state index contributed by atoms with van der Waals surface area (Å²) in [6.45, 7) is 5.95. The largest absolute Gasteiger partial charge is 0.338 e. The molecule has 1 aliphatic heterocycles. The van der Waals surface area contributed by atoms with Crippen molar-refractivity contribution in [1.82, 2.24) is 9.80 Å². The summed E-state index contributed by atoms with van der Waals surface area (Å²) in [5.74, 6) is 0.00746. The molecule has 0 radical (unpaired) electrons. The van der Waals surface area contributed by atoms with Crippen LogP contribution in [-0.4, -0.2) is 41.9 Å². The zero-order chi connectivity index (χ0) is 17.0. The summed E-state index contributed by atoms with van der Waals surface area (Å²) in [6.07, 6.45) is 0. The van der Waals surface area contributed by atoms with E-state index in [1.54, 1.807) is 6.92 Å². The third-order valence-corrected chi connectivity index (χ3v) is 4.73. The van der Waals surface area contributed by atoms with Crippen LogP contribution < -0.4 is 5.73 Å². The van der Waals surface area contributed by atoms with E-state index in [9.17, 15) is 4.79 Å². The fraction of sp³-hybridized carbons (Fsp3) is 0.350. The van der Waals surface area contributed by atoms with Crippen LogP contribution in [-0.2, 0) is 16.9 Å². The lowest BCUT2D eigenvalue weighted by atomic mass is 9.91. The van der Waals surface area contributed by atoms with Crippen LogP contribution in [0, 0.1) is 0 Å². The van der Waals surface area contributed by atoms with Gasteiger partial charge in [0.1, 0.15) is 5.54 Å². The first kappa shape index (κ1) is 22.5. The summed E-state index contributed by atoms with van der Waals surface area (Å²) in [4.78, 5) is 17.1. The predicted octanol–water partition coefficient (Wildman–Crippen LogP) is 3.05. The van der Waals surface area contributed by atoms with Gasteiger partial charge in [0, 0.05) is 32.7 Å². The third kappa shape index (κ3) is 5.21. The van der Waals surface area contributed by atoms with Gasteiger partial charge in [-0.25, -0.2) is 0 Å². The maximum Gasteiger partial charge on any atom is 0.247 e. The molecule has 1 saturated heterocycles. The highest BCUT2D eigenvalue weighted by Crippen LogP contribution is 2.21. The molecule has 0 spiro atoms. The summed E-state index contributed by atoms with van der Waals surface area (Å²) in [7, 11) is 0. The molecule has 6 heteroatoms. The molecule has 142 valence electrons. The van der Waals surface area contributed by atoms with Gasteiger partial charge in [-0.3, -0.25) is 9.69 Å². The molecule has 1 aliphatic rings. The van der Waals surface area contributed by atoms with Crippen molar-refractivity contribution in [1.29, 1.82) is 0 Å². The molecular weight excluding hydrogens is 369 g/mol. The Balaban J connectivity index is 0.00000169. The van der Waals surface area contributed by atoms with Crippen LogP contribution in [0.15, 0.2) is 60.7 Å². The van der Waals surface area contributed by atoms with Gasteiger partial charge >= 0.3 is 0 Å². The van der Waals surface area contributed by atoms with E-state index in [0.717, 1.165) is 38.3 Å². The van der Waals surface area contributed by atoms with Gasteiger partial charge in [0.2, 0.25) is 5.91 Å². The van der Waals surface area contributed by atoms with E-state index < -0.39 is 5.54 Å². The van der Waals surface area contributed by atoms with E-state index in [0.29, 0.717) is 0 Å². The number of hydrogen-bond donors (Lipinski definition) is 1. The van der Waals surface area contributed by atoms with Gasteiger partial charge in [-0.2, -0.15) is 0 Å². The van der Waals surface area contributed by atoms with Gasteiger partial charge < -0.3 is 10.6 Å². The number of nitrogens with zero attached hydrogens (tertiary/aromatic N) is 2. The molecule has 2 N–H and O–H groups in total. The van der Waals surface area contributed by atoms with E-state index >= 15 is 0 Å². The summed E-state index contributed by atoms with van der Waals surface area (Å²) in [6, 6.07) is 20.1. The summed E-state index contributed by atoms with van der Waals surface area (Å²) >= 11 is 0. The molecule has 3 rings (SSSR count). The lowest BCUT2D eigenvalue weighted by Crippen LogP contribution is -2.56. The molecular formula is C20H27Cl2N3O. The molecule has 0 bridgehead atoms. The van der Waals surface area contributed by atoms with Gasteiger partial charge in [0.05, 0.1) is 0 Å². The Morgan fingerprint density at radius 2 is 1.42 bits per heavy atom. The molecule has 4 nitrogen and oxygen atoms in total. The fourth-order valence-electron chi connectivity index (χ4n) is 3.19. The molecule has 1 amide bonds. The molecule has 2 aromatic rings. The number of benzene rings is 2. The van der Waals surface area contributed by atoms with Crippen molar-refractivity contribution >= 4 is 30.7 Å². The number of carbonyl (C=O) groups excluding carboxylic acids is 1. The van der Waals surface area contributed by atoms with Gasteiger partial charge in [-0.05, 0) is 18.1 Å². The third-order valence-electron chi connectivity index (χ3n) is 4.73. The van der Waals surface area contributed by atoms with Crippen LogP contribution in [0.2, 0.25) is 0 Å². The van der Waals surface area contributed by atoms with Gasteiger partial charge in [0.15, 0.2) is 0 Å². The van der Waals surface area contributed by atoms with Crippen LogP contribution in [0.1, 0.15) is 18.1 Å². The van der Waals surface area contributed by atoms with Crippen LogP contribution >= 0.6 is 24.8 Å². The normalized spacial score (nSPS) is 16.8. The zero-order valence-electron chi connectivity index (χ0n) is 15.0. The molecule has 1 unspecified atom stereocenters. The Morgan fingerprint density at radius 1 is 0.923 bits per heavy atom. The molecule has 0 aliphatic carbocycles. The minimum absolute atomic E-state index is 0. The van der Waals surface area contributed by atoms with Crippen molar-refractivity contribution < 1.29 is 4.79 Å². The standard InChI is InChI=1S/C20H25N3O.2ClH/c1-20(21,18-10-6-3-7-11-18)19(24)23-14-12-22(13-15-23)16-17-8-4-2-5-9-17;;/h2-11H,12-16,21H2,1H3;2*1H. The molecule has 26 heavy (non-hydrogen) atoms. The highest BCUT2D eigenvalue weighted by atomic mass is 35.5. The lowest BCUT2D eigenvalue weighted by molar-refractivity contribution is -0.138. The summed E-state index contributed by atoms with van der Waals surface area (Å²) in [5.41, 5.74) is 7.57. The fourth-order valence-corrected chi connectivity index (χ4v) is 3.19. The molecule has 1 heterocycles. The van der Waals surface area contributed by atoms with Crippen LogP contribution in [0.4, 0.5) is 0 Å². The van der Waals surface area contributed by atoms with E-state index in [4.69, 9.17) is 5.73 Å². The first-order valence-corrected chi connectivity index (χ1v) is 8.47. The van der Waals surface area contributed by atoms with Crippen molar-refractivity contribution in [2.24, 2.45) is 5.73 Å². The second-order valence-corrected chi connectivity index (χ2v) is 6.62. The van der Waals surface area contributed by atoms with Gasteiger partial charge in [0.25, 0.3) is 0 Å². The smallest absolute Gasteiger partial charge is 0.247 e. The summed E-state index contributed by atoms with van der Waals surface area (Å²) in [5, 5.41) is 0. The predicted molar refractivity (Wildman–Crippen MR) is 111 cm³/mol. The van der Waals surface area contributed by atoms with Crippen LogP contribution in [0.3, 0.4) is 0 Å². The zero-order valence-corrected chi connectivity index (χ0v) is 16.6. The van der Waals surface area contributed by atoms with Crippen LogP contribution in [0.25, 0.3) is 0 Å². The number of hydrogen-bond acceptors (Lipinski definition) is 3. The minimum Gasteiger partial charge on any atom is -0.338 e. The number of amides is 1. The Hall–Kier alpha value is -1.59. The van der Waals surface area contributed by atoms with Crippen molar-refractivity contribution in [3.8, 4) is 0 Å². The lowest BCUT2D eigenvalue weighted by Gasteiger charge is -2.38. The van der Waals surface area contributed by atoms with E-state index in [-0.39, 0.29) is 30.7 Å². The van der Waals surface area contributed by atoms with Gasteiger partial charge in [-0.15, -0.1) is 24.8 Å². The number of halogens is 2. The minimum atomic E-state index is -0.969. The van der Waals surface area contributed by atoms with Gasteiger partial charge in [-0.1, -0.05) is 60.7 Å². The number of nitrogens with two attached hydrogens (primary N) is 1. The van der Waals surface area contributed by atoms with Crippen molar-refractivity contribution in [2.75, 3.05) is 26.2 Å². The van der Waals surface area contributed by atoms with E-state index in [1.165, 1.54) is 5.56 Å². The number of rotatable bonds is 4. The maximum atomic E-state index is 12.9. The first-order chi connectivity index (χ1) is 11.6. The molecule has 2 aromatic carbocycles. The van der Waals surface area contributed by atoms with Crippen LogP contribution in [0.5, 0.6) is 0 Å².